The van der Waals surface area contributed by atoms with Crippen LogP contribution in [0.25, 0.3) is 0 Å². The van der Waals surface area contributed by atoms with Gasteiger partial charge in [0.1, 0.15) is 0 Å². The van der Waals surface area contributed by atoms with E-state index in [0.717, 1.165) is 36.1 Å². The quantitative estimate of drug-likeness (QED) is 0.302. The highest BCUT2D eigenvalue weighted by atomic mass is 15.0. The average Bonchev–Trinajstić information content (AvgIpc) is 3.49. The molecule has 8 unspecified atom stereocenters. The number of nitrogens with zero attached hydrogens (tertiary/aromatic N) is 1. The Morgan fingerprint density at radius 2 is 1.81 bits per heavy atom. The Balaban J connectivity index is 0.000000710. The summed E-state index contributed by atoms with van der Waals surface area (Å²) in [5.41, 5.74) is 8.89. The van der Waals surface area contributed by atoms with Crippen LogP contribution >= 0.6 is 0 Å². The number of hydrogen-bond acceptors (Lipinski definition) is 3. The van der Waals surface area contributed by atoms with Gasteiger partial charge in [0.2, 0.25) is 0 Å². The summed E-state index contributed by atoms with van der Waals surface area (Å²) in [7, 11) is 1.50. The normalized spacial score (nSPS) is 41.0. The van der Waals surface area contributed by atoms with E-state index in [-0.39, 0.29) is 0 Å². The van der Waals surface area contributed by atoms with E-state index < -0.39 is 0 Å². The molecule has 36 heavy (non-hydrogen) atoms. The van der Waals surface area contributed by atoms with Gasteiger partial charge in [0.25, 0.3) is 0 Å². The Morgan fingerprint density at radius 3 is 2.47 bits per heavy atom. The highest BCUT2D eigenvalue weighted by molar-refractivity contribution is 5.85. The molecule has 208 valence electrons. The fraction of sp³-hybridized carbons (Fsp3) is 0.848. The molecule has 8 atom stereocenters. The predicted octanol–water partition coefficient (Wildman–Crippen LogP) is 8.21. The molecule has 0 spiro atoms. The van der Waals surface area contributed by atoms with Crippen LogP contribution < -0.4 is 11.1 Å². The zero-order chi connectivity index (χ0) is 26.9. The lowest BCUT2D eigenvalue weighted by atomic mass is 9.47. The molecule has 1 saturated heterocycles. The Labute approximate surface area is 225 Å². The predicted molar refractivity (Wildman–Crippen MR) is 161 cm³/mol. The largest absolute Gasteiger partial charge is 0.333 e. The van der Waals surface area contributed by atoms with Gasteiger partial charge in [0.15, 0.2) is 0 Å². The van der Waals surface area contributed by atoms with Crippen LogP contribution in [0.2, 0.25) is 0 Å². The molecule has 0 aromatic rings. The summed E-state index contributed by atoms with van der Waals surface area (Å²) >= 11 is 0. The molecule has 4 fully saturated rings. The van der Waals surface area contributed by atoms with Crippen molar-refractivity contribution in [2.24, 2.45) is 51.1 Å². The molecule has 1 heterocycles. The van der Waals surface area contributed by atoms with Gasteiger partial charge in [-0.2, -0.15) is 0 Å². The van der Waals surface area contributed by atoms with Crippen molar-refractivity contribution in [2.45, 2.75) is 118 Å². The number of aliphatic imine (C=N–C) groups is 1. The minimum absolute atomic E-state index is 0.515. The van der Waals surface area contributed by atoms with Gasteiger partial charge < -0.3 is 11.1 Å². The number of hydrogen-bond donors (Lipinski definition) is 2. The number of allylic oxidation sites excluding steroid dienone is 2. The van der Waals surface area contributed by atoms with E-state index in [1.165, 1.54) is 89.9 Å². The SMILES string of the molecule is C=C.CC.CC(=NCCC1CC(C)CN1)C1CCC2C3CCC4=CCCCC4(C)C3CCC12C.CN. The first-order valence-corrected chi connectivity index (χ1v) is 15.4. The Morgan fingerprint density at radius 1 is 1.08 bits per heavy atom. The molecule has 0 amide bonds. The standard InChI is InChI=1S/C28H46N2.C2H6.C2H4.CH5N/c1-19-17-22(30-18-19)13-16-29-20(2)24-10-11-25-23-9-8-21-7-5-6-14-27(21,3)26(23)12-15-28(24,25)4;3*1-2/h7,19,22-26,30H,5-6,8-18H2,1-4H3;1-2H3;1-2H2;2H2,1H3. The Bertz CT molecular complexity index is 726. The first-order chi connectivity index (χ1) is 17.4. The zero-order valence-electron chi connectivity index (χ0n) is 25.2. The van der Waals surface area contributed by atoms with Gasteiger partial charge in [-0.05, 0) is 126 Å². The molecule has 5 aliphatic rings. The van der Waals surface area contributed by atoms with Crippen LogP contribution in [-0.4, -0.2) is 31.9 Å². The van der Waals surface area contributed by atoms with Crippen molar-refractivity contribution in [1.29, 1.82) is 0 Å². The average molecular weight is 500 g/mol. The van der Waals surface area contributed by atoms with Crippen molar-refractivity contribution >= 4 is 5.71 Å². The maximum absolute atomic E-state index is 5.18. The van der Waals surface area contributed by atoms with Crippen molar-refractivity contribution in [3.8, 4) is 0 Å². The summed E-state index contributed by atoms with van der Waals surface area (Å²) in [5, 5.41) is 3.69. The van der Waals surface area contributed by atoms with Crippen molar-refractivity contribution in [2.75, 3.05) is 20.1 Å². The summed E-state index contributed by atoms with van der Waals surface area (Å²) in [4.78, 5) is 5.18. The second kappa shape index (κ2) is 14.3. The molecular weight excluding hydrogens is 438 g/mol. The fourth-order valence-corrected chi connectivity index (χ4v) is 9.19. The van der Waals surface area contributed by atoms with Crippen LogP contribution in [0.3, 0.4) is 0 Å². The minimum atomic E-state index is 0.515. The maximum Gasteiger partial charge on any atom is 0.0403 e. The molecule has 0 bridgehead atoms. The molecule has 4 aliphatic carbocycles. The lowest BCUT2D eigenvalue weighted by Gasteiger charge is -2.58. The Hall–Kier alpha value is -0.930. The third-order valence-electron chi connectivity index (χ3n) is 10.8. The number of nitrogens with two attached hydrogens (primary N) is 1. The summed E-state index contributed by atoms with van der Waals surface area (Å²) in [6.45, 7) is 22.3. The van der Waals surface area contributed by atoms with Gasteiger partial charge in [0.05, 0.1) is 0 Å². The van der Waals surface area contributed by atoms with Crippen LogP contribution in [0.15, 0.2) is 29.8 Å². The molecule has 5 rings (SSSR count). The molecule has 1 aliphatic heterocycles. The zero-order valence-corrected chi connectivity index (χ0v) is 25.2. The molecule has 3 heteroatoms. The van der Waals surface area contributed by atoms with E-state index in [0.29, 0.717) is 16.9 Å². The fourth-order valence-electron chi connectivity index (χ4n) is 9.19. The lowest BCUT2D eigenvalue weighted by Crippen LogP contribution is -2.50. The topological polar surface area (TPSA) is 50.4 Å². The summed E-state index contributed by atoms with van der Waals surface area (Å²) in [5.74, 6) is 4.48. The van der Waals surface area contributed by atoms with Gasteiger partial charge in [-0.3, -0.25) is 4.99 Å². The monoisotopic (exact) mass is 499 g/mol. The summed E-state index contributed by atoms with van der Waals surface area (Å²) in [6, 6.07) is 0.708. The van der Waals surface area contributed by atoms with Crippen molar-refractivity contribution in [3.05, 3.63) is 24.8 Å². The van der Waals surface area contributed by atoms with Gasteiger partial charge >= 0.3 is 0 Å². The third kappa shape index (κ3) is 6.20. The lowest BCUT2D eigenvalue weighted by molar-refractivity contribution is -0.0431. The molecule has 3 saturated carbocycles. The highest BCUT2D eigenvalue weighted by Crippen LogP contribution is 2.66. The summed E-state index contributed by atoms with van der Waals surface area (Å²) in [6.07, 6.45) is 18.1. The van der Waals surface area contributed by atoms with Crippen LogP contribution in [0.1, 0.15) is 112 Å². The second-order valence-electron chi connectivity index (χ2n) is 12.4. The van der Waals surface area contributed by atoms with Crippen LogP contribution in [0.4, 0.5) is 0 Å². The first-order valence-electron chi connectivity index (χ1n) is 15.4. The minimum Gasteiger partial charge on any atom is -0.333 e. The second-order valence-corrected chi connectivity index (χ2v) is 12.4. The van der Waals surface area contributed by atoms with Crippen molar-refractivity contribution in [3.63, 3.8) is 0 Å². The number of rotatable bonds is 4. The highest BCUT2D eigenvalue weighted by Gasteiger charge is 2.58. The van der Waals surface area contributed by atoms with E-state index in [9.17, 15) is 0 Å². The third-order valence-corrected chi connectivity index (χ3v) is 10.8. The Kier molecular flexibility index (Phi) is 12.4. The van der Waals surface area contributed by atoms with E-state index in [4.69, 9.17) is 4.99 Å². The van der Waals surface area contributed by atoms with Gasteiger partial charge in [-0.15, -0.1) is 13.2 Å². The molecule has 0 radical (unpaired) electrons. The van der Waals surface area contributed by atoms with Crippen molar-refractivity contribution < 1.29 is 0 Å². The molecular formula is C33H61N3. The van der Waals surface area contributed by atoms with E-state index in [1.54, 1.807) is 0 Å². The van der Waals surface area contributed by atoms with Crippen LogP contribution in [-0.2, 0) is 0 Å². The van der Waals surface area contributed by atoms with E-state index >= 15 is 0 Å². The van der Waals surface area contributed by atoms with E-state index in [2.05, 4.69) is 58.0 Å². The number of fused-ring (bicyclic) bond motifs is 5. The van der Waals surface area contributed by atoms with Crippen LogP contribution in [0.5, 0.6) is 0 Å². The van der Waals surface area contributed by atoms with Gasteiger partial charge in [0, 0.05) is 24.2 Å². The smallest absolute Gasteiger partial charge is 0.0403 e. The molecule has 3 N–H and O–H groups in total. The van der Waals surface area contributed by atoms with E-state index in [1.807, 2.05) is 19.4 Å². The van der Waals surface area contributed by atoms with Crippen LogP contribution in [0, 0.1) is 40.4 Å². The molecule has 0 aromatic heterocycles. The van der Waals surface area contributed by atoms with Gasteiger partial charge in [-0.1, -0.05) is 46.3 Å². The first kappa shape index (κ1) is 31.3. The molecule has 0 aromatic carbocycles. The van der Waals surface area contributed by atoms with Gasteiger partial charge in [-0.25, -0.2) is 0 Å². The van der Waals surface area contributed by atoms with Crippen molar-refractivity contribution in [1.82, 2.24) is 5.32 Å². The molecule has 3 nitrogen and oxygen atoms in total. The maximum atomic E-state index is 5.18. The summed E-state index contributed by atoms with van der Waals surface area (Å²) < 4.78 is 0. The number of nitrogens with one attached hydrogen (secondary N) is 1.